The SMILES string of the molecule is C=C(Cc1ccccc1C)c1ccc2c(-c3ccc4ccccc4c3)c3cc(-c4ccc(C(C)=Nc5ccccc5C)cc4)ccc3c(-c3ccc4ccccc4c3)c2c1.Cc1ccccc1.Cc1ccccc1. The number of rotatable bonds is 8. The number of hydrogen-bond donors (Lipinski definition) is 0. The Kier molecular flexibility index (Phi) is 14.6. The monoisotopic (exact) mass is 951 g/mol. The van der Waals surface area contributed by atoms with Crippen molar-refractivity contribution in [2.45, 2.75) is 41.0 Å². The molecule has 0 N–H and O–H groups in total. The van der Waals surface area contributed by atoms with Gasteiger partial charge in [-0.15, -0.1) is 0 Å². The second-order valence-electron chi connectivity index (χ2n) is 19.5. The molecule has 0 aliphatic heterocycles. The van der Waals surface area contributed by atoms with E-state index in [0.29, 0.717) is 0 Å². The minimum Gasteiger partial charge on any atom is -0.253 e. The molecule has 1 nitrogen and oxygen atoms in total. The van der Waals surface area contributed by atoms with Gasteiger partial charge >= 0.3 is 0 Å². The first kappa shape index (κ1) is 48.7. The summed E-state index contributed by atoms with van der Waals surface area (Å²) in [6, 6.07) is 91.6. The van der Waals surface area contributed by atoms with Gasteiger partial charge in [0.05, 0.1) is 5.69 Å². The molecule has 0 unspecified atom stereocenters. The molecule has 74 heavy (non-hydrogen) atoms. The Labute approximate surface area is 437 Å². The molecule has 0 aliphatic carbocycles. The van der Waals surface area contributed by atoms with Crippen molar-refractivity contribution in [1.29, 1.82) is 0 Å². The number of hydrogen-bond acceptors (Lipinski definition) is 1. The van der Waals surface area contributed by atoms with E-state index in [-0.39, 0.29) is 0 Å². The van der Waals surface area contributed by atoms with Crippen LogP contribution < -0.4 is 0 Å². The fourth-order valence-electron chi connectivity index (χ4n) is 9.99. The fourth-order valence-corrected chi connectivity index (χ4v) is 9.99. The summed E-state index contributed by atoms with van der Waals surface area (Å²) in [6.45, 7) is 15.2. The number of aryl methyl sites for hydroxylation is 4. The third-order valence-corrected chi connectivity index (χ3v) is 14.2. The van der Waals surface area contributed by atoms with Crippen molar-refractivity contribution in [3.05, 3.63) is 300 Å². The van der Waals surface area contributed by atoms with Gasteiger partial charge in [-0.3, -0.25) is 4.99 Å². The standard InChI is InChI=1S/C59H45N.2C7H8/c1-38-13-5-7-17-46(38)33-40(3)47-29-31-53-55(36-47)58(51-27-25-43-15-8-10-18-48(43)34-51)54-32-30-50(37-56(54)59(53)52-28-26-44-16-9-11-19-49(44)35-52)45-23-21-42(22-24-45)41(4)60-57-20-12-6-14-39(57)2;2*1-7-5-3-2-4-6-7/h5-32,34-37H,3,33H2,1-2,4H3;2*2-6H,1H3. The molecule has 0 radical (unpaired) electrons. The quantitative estimate of drug-likeness (QED) is 0.106. The highest BCUT2D eigenvalue weighted by atomic mass is 14.7. The van der Waals surface area contributed by atoms with Gasteiger partial charge in [-0.1, -0.05) is 242 Å². The second-order valence-corrected chi connectivity index (χ2v) is 19.5. The molecule has 0 bridgehead atoms. The minimum atomic E-state index is 0.800. The number of benzene rings is 12. The molecule has 0 heterocycles. The highest BCUT2D eigenvalue weighted by Crippen LogP contribution is 2.46. The van der Waals surface area contributed by atoms with Crippen molar-refractivity contribution in [3.63, 3.8) is 0 Å². The van der Waals surface area contributed by atoms with Crippen LogP contribution in [0, 0.1) is 27.7 Å². The molecule has 0 aromatic heterocycles. The van der Waals surface area contributed by atoms with Gasteiger partial charge < -0.3 is 0 Å². The van der Waals surface area contributed by atoms with Crippen LogP contribution >= 0.6 is 0 Å². The molecule has 0 fully saturated rings. The average molecular weight is 952 g/mol. The van der Waals surface area contributed by atoms with Crippen LogP contribution in [-0.2, 0) is 6.42 Å². The summed E-state index contributed by atoms with van der Waals surface area (Å²) in [5.41, 5.74) is 19.0. The first-order chi connectivity index (χ1) is 36.2. The Morgan fingerprint density at radius 1 is 0.351 bits per heavy atom. The van der Waals surface area contributed by atoms with Crippen molar-refractivity contribution >= 4 is 60.1 Å². The van der Waals surface area contributed by atoms with E-state index in [4.69, 9.17) is 4.99 Å². The molecule has 0 spiro atoms. The van der Waals surface area contributed by atoms with Crippen LogP contribution in [0.3, 0.4) is 0 Å². The zero-order valence-corrected chi connectivity index (χ0v) is 43.1. The van der Waals surface area contributed by atoms with Crippen molar-refractivity contribution < 1.29 is 0 Å². The van der Waals surface area contributed by atoms with Crippen LogP contribution in [0.15, 0.2) is 266 Å². The van der Waals surface area contributed by atoms with Gasteiger partial charge in [-0.2, -0.15) is 0 Å². The molecule has 0 saturated carbocycles. The summed E-state index contributed by atoms with van der Waals surface area (Å²) < 4.78 is 0. The number of fused-ring (bicyclic) bond motifs is 4. The van der Waals surface area contributed by atoms with Crippen LogP contribution in [0.4, 0.5) is 5.69 Å². The summed E-state index contributed by atoms with van der Waals surface area (Å²) in [5, 5.41) is 9.84. The third kappa shape index (κ3) is 10.9. The Hall–Kier alpha value is -8.91. The Morgan fingerprint density at radius 2 is 0.797 bits per heavy atom. The summed E-state index contributed by atoms with van der Waals surface area (Å²) >= 11 is 0. The number of nitrogens with zero attached hydrogens (tertiary/aromatic N) is 1. The topological polar surface area (TPSA) is 12.4 Å². The molecule has 12 aromatic carbocycles. The molecule has 358 valence electrons. The molecule has 0 amide bonds. The van der Waals surface area contributed by atoms with Crippen molar-refractivity contribution in [3.8, 4) is 33.4 Å². The largest absolute Gasteiger partial charge is 0.253 e. The predicted octanol–water partition coefficient (Wildman–Crippen LogP) is 20.3. The van der Waals surface area contributed by atoms with Gasteiger partial charge in [0.1, 0.15) is 0 Å². The number of para-hydroxylation sites is 1. The van der Waals surface area contributed by atoms with E-state index in [2.05, 4.69) is 254 Å². The zero-order chi connectivity index (χ0) is 51.0. The molecule has 0 saturated heterocycles. The lowest BCUT2D eigenvalue weighted by molar-refractivity contribution is 1.23. The fraction of sp³-hybridized carbons (Fsp3) is 0.0822. The molecule has 0 atom stereocenters. The molecular formula is C73H61N. The van der Waals surface area contributed by atoms with E-state index < -0.39 is 0 Å². The third-order valence-electron chi connectivity index (χ3n) is 14.2. The first-order valence-corrected chi connectivity index (χ1v) is 25.7. The van der Waals surface area contributed by atoms with Gasteiger partial charge in [-0.05, 0) is 181 Å². The van der Waals surface area contributed by atoms with Crippen LogP contribution in [0.2, 0.25) is 0 Å². The van der Waals surface area contributed by atoms with Crippen LogP contribution in [0.25, 0.3) is 82.0 Å². The van der Waals surface area contributed by atoms with Gasteiger partial charge in [0.2, 0.25) is 0 Å². The van der Waals surface area contributed by atoms with E-state index in [9.17, 15) is 0 Å². The maximum atomic E-state index is 4.98. The second kappa shape index (κ2) is 22.2. The normalized spacial score (nSPS) is 11.2. The molecule has 12 rings (SSSR count). The van der Waals surface area contributed by atoms with Crippen LogP contribution in [-0.4, -0.2) is 5.71 Å². The Bertz CT molecular complexity index is 3930. The van der Waals surface area contributed by atoms with Gasteiger partial charge in [0.25, 0.3) is 0 Å². The van der Waals surface area contributed by atoms with Crippen LogP contribution in [0.5, 0.6) is 0 Å². The van der Waals surface area contributed by atoms with E-state index >= 15 is 0 Å². The lowest BCUT2D eigenvalue weighted by atomic mass is 9.83. The first-order valence-electron chi connectivity index (χ1n) is 25.7. The zero-order valence-electron chi connectivity index (χ0n) is 43.1. The maximum absolute atomic E-state index is 4.98. The summed E-state index contributed by atoms with van der Waals surface area (Å²) in [5.74, 6) is 0. The summed E-state index contributed by atoms with van der Waals surface area (Å²) in [7, 11) is 0. The van der Waals surface area contributed by atoms with E-state index in [1.54, 1.807) is 0 Å². The summed E-state index contributed by atoms with van der Waals surface area (Å²) in [6.07, 6.45) is 0.800. The minimum absolute atomic E-state index is 0.800. The van der Waals surface area contributed by atoms with Gasteiger partial charge in [0.15, 0.2) is 0 Å². The maximum Gasteiger partial charge on any atom is 0.0662 e. The highest BCUT2D eigenvalue weighted by molar-refractivity contribution is 6.23. The van der Waals surface area contributed by atoms with Gasteiger partial charge in [-0.25, -0.2) is 0 Å². The number of aliphatic imine (C=N–C) groups is 1. The molecule has 0 aliphatic rings. The van der Waals surface area contributed by atoms with Crippen molar-refractivity contribution in [1.82, 2.24) is 0 Å². The Balaban J connectivity index is 0.000000388. The average Bonchev–Trinajstić information content (AvgIpc) is 3.44. The van der Waals surface area contributed by atoms with Crippen molar-refractivity contribution in [2.24, 2.45) is 4.99 Å². The lowest BCUT2D eigenvalue weighted by Gasteiger charge is -2.20. The molecule has 12 aromatic rings. The van der Waals surface area contributed by atoms with Gasteiger partial charge in [0, 0.05) is 5.71 Å². The summed E-state index contributed by atoms with van der Waals surface area (Å²) in [4.78, 5) is 4.98. The lowest BCUT2D eigenvalue weighted by Crippen LogP contribution is -1.96. The van der Waals surface area contributed by atoms with E-state index in [1.165, 1.54) is 104 Å². The van der Waals surface area contributed by atoms with Crippen LogP contribution in [0.1, 0.15) is 45.9 Å². The van der Waals surface area contributed by atoms with Crippen molar-refractivity contribution in [2.75, 3.05) is 0 Å². The molecular weight excluding hydrogens is 891 g/mol. The molecule has 1 heteroatoms. The van der Waals surface area contributed by atoms with E-state index in [0.717, 1.165) is 34.5 Å². The predicted molar refractivity (Wildman–Crippen MR) is 322 cm³/mol. The highest BCUT2D eigenvalue weighted by Gasteiger charge is 2.20. The van der Waals surface area contributed by atoms with E-state index in [1.807, 2.05) is 42.5 Å². The smallest absolute Gasteiger partial charge is 0.0662 e. The number of allylic oxidation sites excluding steroid dienone is 1. The Morgan fingerprint density at radius 3 is 1.34 bits per heavy atom.